The summed E-state index contributed by atoms with van der Waals surface area (Å²) in [5.41, 5.74) is 0.416. The van der Waals surface area contributed by atoms with Gasteiger partial charge in [0.15, 0.2) is 0 Å². The minimum absolute atomic E-state index is 0. The second-order valence-electron chi connectivity index (χ2n) is 6.98. The number of hydrogen-bond donors (Lipinski definition) is 1. The van der Waals surface area contributed by atoms with E-state index in [1.807, 2.05) is 0 Å². The molecule has 5 nitrogen and oxygen atoms in total. The number of hydrogen-bond acceptors (Lipinski definition) is 4. The van der Waals surface area contributed by atoms with E-state index in [1.54, 1.807) is 24.3 Å². The fourth-order valence-electron chi connectivity index (χ4n) is 3.22. The first-order valence-corrected chi connectivity index (χ1v) is 11.4. The van der Waals surface area contributed by atoms with E-state index in [2.05, 4.69) is 6.92 Å². The molecule has 2 rings (SSSR count). The van der Waals surface area contributed by atoms with Crippen LogP contribution in [0.15, 0.2) is 47.4 Å². The molecule has 0 aliphatic heterocycles. The van der Waals surface area contributed by atoms with Gasteiger partial charge in [-0.15, -0.1) is 0 Å². The Bertz CT molecular complexity index is 852. The molecule has 0 saturated heterocycles. The van der Waals surface area contributed by atoms with Crippen LogP contribution in [0.2, 0.25) is 0 Å². The summed E-state index contributed by atoms with van der Waals surface area (Å²) in [6.45, 7) is 2.19. The molecule has 0 saturated carbocycles. The van der Waals surface area contributed by atoms with E-state index in [-0.39, 0.29) is 46.0 Å². The Balaban J connectivity index is 0.00000420. The molecule has 0 heterocycles. The fraction of sp³-hybridized carbons (Fsp3) is 0.455. The topological polar surface area (TPSA) is 86.7 Å². The Labute approximate surface area is 196 Å². The van der Waals surface area contributed by atoms with Crippen molar-refractivity contribution in [3.63, 3.8) is 0 Å². The van der Waals surface area contributed by atoms with Gasteiger partial charge >= 0.3 is 29.6 Å². The van der Waals surface area contributed by atoms with Crippen LogP contribution in [0.4, 0.5) is 0 Å². The first-order valence-electron chi connectivity index (χ1n) is 9.96. The van der Waals surface area contributed by atoms with E-state index >= 15 is 0 Å². The molecule has 2 aromatic rings. The smallest absolute Gasteiger partial charge is 0.870 e. The van der Waals surface area contributed by atoms with Gasteiger partial charge in [-0.25, -0.2) is 0 Å². The van der Waals surface area contributed by atoms with Crippen molar-refractivity contribution in [1.29, 1.82) is 0 Å². The summed E-state index contributed by atoms with van der Waals surface area (Å²) < 4.78 is 38.9. The van der Waals surface area contributed by atoms with Crippen LogP contribution in [0, 0.1) is 0 Å². The maximum Gasteiger partial charge on any atom is 1.00 e. The zero-order valence-electron chi connectivity index (χ0n) is 17.4. The summed E-state index contributed by atoms with van der Waals surface area (Å²) in [7, 11) is -4.37. The van der Waals surface area contributed by atoms with Crippen LogP contribution in [-0.2, 0) is 16.5 Å². The monoisotopic (exact) mass is 428 g/mol. The maximum absolute atomic E-state index is 11.9. The zero-order chi connectivity index (χ0) is 20.4. The second-order valence-corrected chi connectivity index (χ2v) is 8.37. The van der Waals surface area contributed by atoms with Crippen molar-refractivity contribution in [3.8, 4) is 17.2 Å². The third kappa shape index (κ3) is 8.69. The van der Waals surface area contributed by atoms with Gasteiger partial charge in [-0.3, -0.25) is 4.55 Å². The van der Waals surface area contributed by atoms with Gasteiger partial charge < -0.3 is 9.84 Å². The molecule has 2 aromatic carbocycles. The predicted molar refractivity (Wildman–Crippen MR) is 109 cm³/mol. The normalized spacial score (nSPS) is 11.1. The number of para-hydroxylation sites is 2. The number of benzene rings is 2. The van der Waals surface area contributed by atoms with Gasteiger partial charge in [-0.05, 0) is 31.0 Å². The van der Waals surface area contributed by atoms with E-state index in [0.29, 0.717) is 17.7 Å². The van der Waals surface area contributed by atoms with Gasteiger partial charge in [-0.1, -0.05) is 81.9 Å². The summed E-state index contributed by atoms with van der Waals surface area (Å²) in [6, 6.07) is 10.7. The van der Waals surface area contributed by atoms with Gasteiger partial charge in [0, 0.05) is 5.56 Å². The molecule has 29 heavy (non-hydrogen) atoms. The third-order valence-corrected chi connectivity index (χ3v) is 5.66. The van der Waals surface area contributed by atoms with Crippen molar-refractivity contribution < 1.29 is 52.4 Å². The van der Waals surface area contributed by atoms with E-state index < -0.39 is 10.1 Å². The van der Waals surface area contributed by atoms with E-state index in [1.165, 1.54) is 50.3 Å². The van der Waals surface area contributed by atoms with Crippen molar-refractivity contribution >= 4 is 10.1 Å². The molecular formula is C22H29NaO5S. The number of ether oxygens (including phenoxy) is 1. The van der Waals surface area contributed by atoms with Gasteiger partial charge in [-0.2, -0.15) is 8.42 Å². The quantitative estimate of drug-likeness (QED) is 0.319. The second kappa shape index (κ2) is 13.3. The van der Waals surface area contributed by atoms with E-state index in [4.69, 9.17) is 4.74 Å². The zero-order valence-corrected chi connectivity index (χ0v) is 20.2. The van der Waals surface area contributed by atoms with Crippen molar-refractivity contribution in [2.45, 2.75) is 69.6 Å². The van der Waals surface area contributed by atoms with Gasteiger partial charge in [0.25, 0.3) is 10.1 Å². The van der Waals surface area contributed by atoms with Gasteiger partial charge in [0.05, 0.1) is 0 Å². The number of unbranched alkanes of at least 4 members (excludes halogenated alkanes) is 7. The van der Waals surface area contributed by atoms with Crippen molar-refractivity contribution in [2.24, 2.45) is 0 Å². The molecular weight excluding hydrogens is 399 g/mol. The Hall–Kier alpha value is -1.05. The summed E-state index contributed by atoms with van der Waals surface area (Å²) in [6.07, 6.45) is 9.47. The van der Waals surface area contributed by atoms with Crippen LogP contribution >= 0.6 is 0 Å². The average Bonchev–Trinajstić information content (AvgIpc) is 2.65. The van der Waals surface area contributed by atoms with E-state index in [9.17, 15) is 18.1 Å². The van der Waals surface area contributed by atoms with Crippen LogP contribution in [0.5, 0.6) is 17.2 Å². The molecule has 0 aliphatic carbocycles. The van der Waals surface area contributed by atoms with Crippen LogP contribution in [0.25, 0.3) is 0 Å². The SMILES string of the molecule is CCCCCCCCCCc1c(Oc2ccccc2[O-])cccc1S(=O)(=O)O.[Na+]. The standard InChI is InChI=1S/C22H30O5S.Na/c1-2-3-4-5-6-7-8-9-13-18-20(16-12-17-22(18)28(24,25)26)27-21-15-11-10-14-19(21)23;/h10-12,14-17,23H,2-9,13H2,1H3,(H,24,25,26);/q;+1/p-1. The Kier molecular flexibility index (Phi) is 11.9. The Morgan fingerprint density at radius 1 is 0.862 bits per heavy atom. The summed E-state index contributed by atoms with van der Waals surface area (Å²) in [5, 5.41) is 11.9. The molecule has 0 amide bonds. The van der Waals surface area contributed by atoms with Crippen LogP contribution in [0.1, 0.15) is 63.9 Å². The first-order chi connectivity index (χ1) is 13.4. The molecule has 0 atom stereocenters. The first kappa shape index (κ1) is 26.0. The third-order valence-electron chi connectivity index (χ3n) is 4.72. The molecule has 0 aliphatic rings. The molecule has 0 radical (unpaired) electrons. The van der Waals surface area contributed by atoms with Gasteiger partial charge in [0.1, 0.15) is 16.4 Å². The average molecular weight is 429 g/mol. The predicted octanol–water partition coefficient (Wildman–Crippen LogP) is 2.49. The minimum atomic E-state index is -4.37. The largest absolute Gasteiger partial charge is 1.00 e. The molecule has 0 aromatic heterocycles. The molecule has 0 spiro atoms. The summed E-state index contributed by atoms with van der Waals surface area (Å²) in [5.74, 6) is 0.145. The number of rotatable bonds is 12. The van der Waals surface area contributed by atoms with Crippen LogP contribution < -0.4 is 39.4 Å². The molecule has 0 unspecified atom stereocenters. The Morgan fingerprint density at radius 2 is 1.45 bits per heavy atom. The van der Waals surface area contributed by atoms with Crippen molar-refractivity contribution in [3.05, 3.63) is 48.0 Å². The molecule has 0 fully saturated rings. The molecule has 154 valence electrons. The summed E-state index contributed by atoms with van der Waals surface area (Å²) in [4.78, 5) is -0.156. The van der Waals surface area contributed by atoms with Gasteiger partial charge in [0.2, 0.25) is 0 Å². The van der Waals surface area contributed by atoms with Crippen LogP contribution in [-0.4, -0.2) is 13.0 Å². The fourth-order valence-corrected chi connectivity index (χ4v) is 3.98. The summed E-state index contributed by atoms with van der Waals surface area (Å²) >= 11 is 0. The minimum Gasteiger partial charge on any atom is -0.870 e. The maximum atomic E-state index is 11.9. The molecule has 7 heteroatoms. The van der Waals surface area contributed by atoms with E-state index in [0.717, 1.165) is 19.3 Å². The molecule has 1 N–H and O–H groups in total. The Morgan fingerprint density at radius 3 is 2.07 bits per heavy atom. The van der Waals surface area contributed by atoms with Crippen LogP contribution in [0.3, 0.4) is 0 Å². The van der Waals surface area contributed by atoms with Crippen molar-refractivity contribution in [1.82, 2.24) is 0 Å². The molecule has 0 bridgehead atoms. The van der Waals surface area contributed by atoms with Crippen molar-refractivity contribution in [2.75, 3.05) is 0 Å².